The van der Waals surface area contributed by atoms with Gasteiger partial charge in [-0.05, 0) is 27.7 Å². The fourth-order valence-electron chi connectivity index (χ4n) is 1.01. The summed E-state index contributed by atoms with van der Waals surface area (Å²) in [7, 11) is 0. The Hall–Kier alpha value is -0.660. The van der Waals surface area contributed by atoms with Crippen LogP contribution < -0.4 is 0 Å². The van der Waals surface area contributed by atoms with Gasteiger partial charge in [0, 0.05) is 11.4 Å². The van der Waals surface area contributed by atoms with Crippen LogP contribution in [0.2, 0.25) is 0 Å². The lowest BCUT2D eigenvalue weighted by Crippen LogP contribution is -2.26. The Kier molecular flexibility index (Phi) is 1.88. The quantitative estimate of drug-likeness (QED) is 0.486. The fourth-order valence-corrected chi connectivity index (χ4v) is 1.01. The lowest BCUT2D eigenvalue weighted by molar-refractivity contribution is 0.849. The molecule has 0 aromatic heterocycles. The summed E-state index contributed by atoms with van der Waals surface area (Å²) < 4.78 is 0. The first-order chi connectivity index (χ1) is 4.61. The number of nitrogens with zero attached hydrogens (tertiary/aromatic N) is 2. The molecule has 0 aliphatic carbocycles. The highest BCUT2D eigenvalue weighted by atomic mass is 14.9. The second kappa shape index (κ2) is 2.52. The fraction of sp³-hybridized carbons (Fsp3) is 0.750. The second-order valence-corrected chi connectivity index (χ2v) is 2.89. The van der Waals surface area contributed by atoms with E-state index in [1.54, 1.807) is 0 Å². The third-order valence-corrected chi connectivity index (χ3v) is 2.00. The van der Waals surface area contributed by atoms with E-state index in [-0.39, 0.29) is 0 Å². The van der Waals surface area contributed by atoms with Crippen molar-refractivity contribution in [3.63, 3.8) is 0 Å². The van der Waals surface area contributed by atoms with E-state index in [0.29, 0.717) is 12.1 Å². The van der Waals surface area contributed by atoms with Crippen LogP contribution in [0.1, 0.15) is 27.7 Å². The average molecular weight is 138 g/mol. The molecule has 0 saturated heterocycles. The Balaban J connectivity index is 2.81. The minimum Gasteiger partial charge on any atom is -0.283 e. The molecule has 1 aliphatic rings. The largest absolute Gasteiger partial charge is 0.283 e. The molecule has 1 rings (SSSR count). The van der Waals surface area contributed by atoms with Gasteiger partial charge >= 0.3 is 0 Å². The lowest BCUT2D eigenvalue weighted by atomic mass is 10.1. The maximum absolute atomic E-state index is 4.43. The van der Waals surface area contributed by atoms with Crippen LogP contribution in [0.5, 0.6) is 0 Å². The lowest BCUT2D eigenvalue weighted by Gasteiger charge is -2.18. The van der Waals surface area contributed by atoms with Crippen molar-refractivity contribution in [2.45, 2.75) is 39.8 Å². The van der Waals surface area contributed by atoms with Crippen LogP contribution in [-0.2, 0) is 0 Å². The van der Waals surface area contributed by atoms with Gasteiger partial charge in [0.15, 0.2) is 0 Å². The van der Waals surface area contributed by atoms with E-state index in [2.05, 4.69) is 23.8 Å². The zero-order valence-electron chi connectivity index (χ0n) is 7.05. The van der Waals surface area contributed by atoms with E-state index in [1.807, 2.05) is 13.8 Å². The topological polar surface area (TPSA) is 24.7 Å². The van der Waals surface area contributed by atoms with Crippen molar-refractivity contribution in [1.82, 2.24) is 0 Å². The van der Waals surface area contributed by atoms with Gasteiger partial charge in [0.25, 0.3) is 0 Å². The highest BCUT2D eigenvalue weighted by Crippen LogP contribution is 2.07. The summed E-state index contributed by atoms with van der Waals surface area (Å²) in [5.74, 6) is 0. The van der Waals surface area contributed by atoms with Gasteiger partial charge in [-0.2, -0.15) is 0 Å². The molecule has 1 aliphatic heterocycles. The number of aliphatic imine (C=N–C) groups is 2. The van der Waals surface area contributed by atoms with Gasteiger partial charge < -0.3 is 0 Å². The molecular formula is C8H14N2. The number of hydrogen-bond donors (Lipinski definition) is 0. The monoisotopic (exact) mass is 138 g/mol. The summed E-state index contributed by atoms with van der Waals surface area (Å²) in [5.41, 5.74) is 2.30. The Morgan fingerprint density at radius 1 is 0.900 bits per heavy atom. The molecule has 0 spiro atoms. The third kappa shape index (κ3) is 1.25. The molecular weight excluding hydrogens is 124 g/mol. The van der Waals surface area contributed by atoms with Crippen LogP contribution >= 0.6 is 0 Å². The molecule has 0 bridgehead atoms. The van der Waals surface area contributed by atoms with Crippen molar-refractivity contribution in [2.24, 2.45) is 9.98 Å². The molecule has 1 heterocycles. The maximum Gasteiger partial charge on any atom is 0.0845 e. The molecule has 10 heavy (non-hydrogen) atoms. The molecule has 0 aromatic carbocycles. The van der Waals surface area contributed by atoms with Crippen LogP contribution in [-0.4, -0.2) is 23.5 Å². The molecule has 2 heteroatoms. The molecule has 0 fully saturated rings. The van der Waals surface area contributed by atoms with Crippen molar-refractivity contribution in [3.05, 3.63) is 0 Å². The van der Waals surface area contributed by atoms with E-state index in [4.69, 9.17) is 0 Å². The van der Waals surface area contributed by atoms with E-state index in [9.17, 15) is 0 Å². The molecule has 56 valence electrons. The molecule has 0 radical (unpaired) electrons. The molecule has 0 aromatic rings. The van der Waals surface area contributed by atoms with Crippen LogP contribution in [0.15, 0.2) is 9.98 Å². The Morgan fingerprint density at radius 3 is 1.50 bits per heavy atom. The first-order valence-corrected chi connectivity index (χ1v) is 3.70. The normalized spacial score (nSPS) is 33.2. The first kappa shape index (κ1) is 7.45. The van der Waals surface area contributed by atoms with Crippen molar-refractivity contribution in [2.75, 3.05) is 0 Å². The van der Waals surface area contributed by atoms with E-state index in [0.717, 1.165) is 11.4 Å². The van der Waals surface area contributed by atoms with E-state index >= 15 is 0 Å². The minimum atomic E-state index is 0.302. The first-order valence-electron chi connectivity index (χ1n) is 3.70. The van der Waals surface area contributed by atoms with E-state index in [1.165, 1.54) is 0 Å². The van der Waals surface area contributed by atoms with Gasteiger partial charge in [-0.15, -0.1) is 0 Å². The maximum atomic E-state index is 4.43. The summed E-state index contributed by atoms with van der Waals surface area (Å²) in [6, 6.07) is 0.604. The number of hydrogen-bond acceptors (Lipinski definition) is 2. The highest BCUT2D eigenvalue weighted by Gasteiger charge is 2.14. The molecule has 0 N–H and O–H groups in total. The predicted molar refractivity (Wildman–Crippen MR) is 45.1 cm³/mol. The van der Waals surface area contributed by atoms with Gasteiger partial charge in [0.05, 0.1) is 12.1 Å². The van der Waals surface area contributed by atoms with Crippen LogP contribution in [0, 0.1) is 0 Å². The molecule has 2 unspecified atom stereocenters. The molecule has 0 saturated carbocycles. The summed E-state index contributed by atoms with van der Waals surface area (Å²) in [6.07, 6.45) is 0. The van der Waals surface area contributed by atoms with Gasteiger partial charge in [-0.25, -0.2) is 0 Å². The standard InChI is InChI=1S/C8H14N2/c1-5-6(2)10-8(4)7(3)9-5/h5,8H,1-4H3. The summed E-state index contributed by atoms with van der Waals surface area (Å²) in [5, 5.41) is 0. The minimum absolute atomic E-state index is 0.302. The molecule has 2 atom stereocenters. The van der Waals surface area contributed by atoms with Crippen molar-refractivity contribution >= 4 is 11.4 Å². The van der Waals surface area contributed by atoms with Crippen LogP contribution in [0.3, 0.4) is 0 Å². The van der Waals surface area contributed by atoms with Gasteiger partial charge in [0.1, 0.15) is 0 Å². The second-order valence-electron chi connectivity index (χ2n) is 2.89. The summed E-state index contributed by atoms with van der Waals surface area (Å²) in [4.78, 5) is 8.86. The van der Waals surface area contributed by atoms with Crippen LogP contribution in [0.4, 0.5) is 0 Å². The van der Waals surface area contributed by atoms with Crippen molar-refractivity contribution in [1.29, 1.82) is 0 Å². The zero-order valence-corrected chi connectivity index (χ0v) is 7.05. The average Bonchev–Trinajstić information content (AvgIpc) is 1.84. The SMILES string of the molecule is CC1=NC(C)C(C)=NC1C. The van der Waals surface area contributed by atoms with Gasteiger partial charge in [-0.1, -0.05) is 0 Å². The smallest absolute Gasteiger partial charge is 0.0845 e. The van der Waals surface area contributed by atoms with E-state index < -0.39 is 0 Å². The Labute approximate surface area is 62.1 Å². The molecule has 0 amide bonds. The van der Waals surface area contributed by atoms with Crippen molar-refractivity contribution < 1.29 is 0 Å². The van der Waals surface area contributed by atoms with Gasteiger partial charge in [0.2, 0.25) is 0 Å². The predicted octanol–water partition coefficient (Wildman–Crippen LogP) is 1.70. The van der Waals surface area contributed by atoms with Crippen LogP contribution in [0.25, 0.3) is 0 Å². The summed E-state index contributed by atoms with van der Waals surface area (Å²) in [6.45, 7) is 8.23. The summed E-state index contributed by atoms with van der Waals surface area (Å²) >= 11 is 0. The number of rotatable bonds is 0. The third-order valence-electron chi connectivity index (χ3n) is 2.00. The van der Waals surface area contributed by atoms with Gasteiger partial charge in [-0.3, -0.25) is 9.98 Å². The molecule has 2 nitrogen and oxygen atoms in total. The Bertz CT molecular complexity index is 169. The Morgan fingerprint density at radius 2 is 1.20 bits per heavy atom. The van der Waals surface area contributed by atoms with Crippen molar-refractivity contribution in [3.8, 4) is 0 Å². The zero-order chi connectivity index (χ0) is 7.72. The highest BCUT2D eigenvalue weighted by molar-refractivity contribution is 5.98.